The fourth-order valence-electron chi connectivity index (χ4n) is 8.72. The summed E-state index contributed by atoms with van der Waals surface area (Å²) in [4.78, 5) is 0. The van der Waals surface area contributed by atoms with E-state index in [0.29, 0.717) is 3.63 Å². The normalized spacial score (nSPS) is 21.6. The summed E-state index contributed by atoms with van der Waals surface area (Å²) in [5, 5.41) is 0. The Hall–Kier alpha value is -0.747. The van der Waals surface area contributed by atoms with Gasteiger partial charge >= 0.3 is 267 Å². The molecule has 0 spiro atoms. The summed E-state index contributed by atoms with van der Waals surface area (Å²) >= 11 is -2.30. The van der Waals surface area contributed by atoms with Gasteiger partial charge in [-0.15, -0.1) is 0 Å². The van der Waals surface area contributed by atoms with Gasteiger partial charge in [0.15, 0.2) is 0 Å². The molecule has 238 valence electrons. The second-order valence-corrected chi connectivity index (χ2v) is 25.6. The van der Waals surface area contributed by atoms with Gasteiger partial charge in [0, 0.05) is 0 Å². The van der Waals surface area contributed by atoms with Crippen LogP contribution in [0.1, 0.15) is 159 Å². The Balaban J connectivity index is 0.00000221. The van der Waals surface area contributed by atoms with Crippen LogP contribution in [0, 0.1) is 5.41 Å². The second-order valence-electron chi connectivity index (χ2n) is 18.1. The fraction of sp³-hybridized carbons (Fsp3) is 0.585. The molecule has 2 aromatic rings. The minimum Gasteiger partial charge on any atom is -1.00 e. The van der Waals surface area contributed by atoms with Crippen LogP contribution in [0.3, 0.4) is 0 Å². The summed E-state index contributed by atoms with van der Waals surface area (Å²) in [7, 11) is 0. The van der Waals surface area contributed by atoms with Crippen LogP contribution in [0.25, 0.3) is 11.1 Å². The van der Waals surface area contributed by atoms with E-state index < -0.39 is 21.3 Å². The number of rotatable bonds is 2. The predicted molar refractivity (Wildman–Crippen MR) is 181 cm³/mol. The molecule has 0 saturated heterocycles. The van der Waals surface area contributed by atoms with Crippen molar-refractivity contribution in [2.24, 2.45) is 5.41 Å². The maximum absolute atomic E-state index is 2.75. The van der Waals surface area contributed by atoms with Crippen molar-refractivity contribution < 1.29 is 46.1 Å². The zero-order chi connectivity index (χ0) is 30.8. The number of halogens is 2. The Morgan fingerprint density at radius 3 is 1.32 bits per heavy atom. The van der Waals surface area contributed by atoms with E-state index in [4.69, 9.17) is 0 Å². The molecular formula is C41H56Cl2Zr. The number of hydrogen-bond acceptors (Lipinski definition) is 0. The van der Waals surface area contributed by atoms with E-state index >= 15 is 0 Å². The van der Waals surface area contributed by atoms with E-state index in [1.54, 1.807) is 56.6 Å². The Morgan fingerprint density at radius 2 is 1.00 bits per heavy atom. The van der Waals surface area contributed by atoms with Gasteiger partial charge in [0.25, 0.3) is 0 Å². The molecule has 0 saturated carbocycles. The maximum Gasteiger partial charge on any atom is -1.00 e. The molecule has 0 N–H and O–H groups in total. The number of allylic oxidation sites excluding steroid dienone is 4. The average molecular weight is 711 g/mol. The minimum atomic E-state index is -2.30. The Kier molecular flexibility index (Phi) is 9.39. The zero-order valence-corrected chi connectivity index (χ0v) is 33.8. The molecule has 0 heterocycles. The van der Waals surface area contributed by atoms with Crippen LogP contribution in [-0.4, -0.2) is 3.21 Å². The topological polar surface area (TPSA) is 0 Å². The number of hydrogen-bond donors (Lipinski definition) is 0. The van der Waals surface area contributed by atoms with Crippen LogP contribution in [0.4, 0.5) is 0 Å². The molecule has 0 atom stereocenters. The molecular weight excluding hydrogens is 655 g/mol. The first-order chi connectivity index (χ1) is 19.2. The molecule has 0 bridgehead atoms. The van der Waals surface area contributed by atoms with Gasteiger partial charge in [-0.1, -0.05) is 0 Å². The van der Waals surface area contributed by atoms with Gasteiger partial charge in [0.2, 0.25) is 0 Å². The van der Waals surface area contributed by atoms with Crippen molar-refractivity contribution >= 4 is 3.21 Å². The van der Waals surface area contributed by atoms with E-state index in [2.05, 4.69) is 126 Å². The zero-order valence-electron chi connectivity index (χ0n) is 29.8. The summed E-state index contributed by atoms with van der Waals surface area (Å²) in [5.74, 6) is 0. The standard InChI is InChI=1S/C29H37.C9H13.C3H6.2ClH.Zr/c1-26(2)9-11-28(5,6)24-16-20-18(14-22(24)26)13-19-15-23-25(17-21(19)20)29(7,8)12-10-27(23,3)4;1-9(2,3)8-6-4-5-7-8;1-3-2;;;/h13-17H,9-12H2,1-8H3;6-7H,4H2,1-3H3;1-2H3;2*1H;/q;;;;;+2/p-2. The Morgan fingerprint density at radius 1 is 0.636 bits per heavy atom. The van der Waals surface area contributed by atoms with E-state index in [0.717, 1.165) is 0 Å². The SMILES string of the molecule is C[C](C)=[Zr+2]([C]1=CC(C(C)(C)C)=CC1)[CH]1c2cc3c(cc2-c2cc4c(cc21)C(C)(C)CCC4(C)C)C(C)(C)CCC3(C)C.[Cl-].[Cl-]. The molecule has 0 amide bonds. The van der Waals surface area contributed by atoms with Gasteiger partial charge in [-0.25, -0.2) is 0 Å². The number of fused-ring (bicyclic) bond motifs is 5. The van der Waals surface area contributed by atoms with Gasteiger partial charge in [0.05, 0.1) is 0 Å². The van der Waals surface area contributed by atoms with Gasteiger partial charge in [-0.05, 0) is 0 Å². The van der Waals surface area contributed by atoms with Crippen molar-refractivity contribution in [3.63, 3.8) is 0 Å². The molecule has 0 unspecified atom stereocenters. The second kappa shape index (κ2) is 11.4. The molecule has 0 fully saturated rings. The molecule has 4 aliphatic rings. The molecule has 3 heteroatoms. The summed E-state index contributed by atoms with van der Waals surface area (Å²) in [6.07, 6.45) is 11.5. The molecule has 0 radical (unpaired) electrons. The molecule has 4 aliphatic carbocycles. The van der Waals surface area contributed by atoms with E-state index in [1.807, 2.05) is 0 Å². The van der Waals surface area contributed by atoms with Crippen LogP contribution in [0.15, 0.2) is 45.3 Å². The van der Waals surface area contributed by atoms with Crippen molar-refractivity contribution in [3.05, 3.63) is 78.7 Å². The Bertz CT molecular complexity index is 1510. The third-order valence-corrected chi connectivity index (χ3v) is 20.0. The molecule has 0 aromatic heterocycles. The quantitative estimate of drug-likeness (QED) is 0.384. The van der Waals surface area contributed by atoms with Crippen molar-refractivity contribution in [1.82, 2.24) is 0 Å². The van der Waals surface area contributed by atoms with Gasteiger partial charge < -0.3 is 24.8 Å². The fourth-order valence-corrected chi connectivity index (χ4v) is 16.9. The molecule has 44 heavy (non-hydrogen) atoms. The molecule has 0 aliphatic heterocycles. The van der Waals surface area contributed by atoms with Crippen LogP contribution >= 0.6 is 0 Å². The smallest absolute Gasteiger partial charge is 1.00 e. The molecule has 6 rings (SSSR count). The third kappa shape index (κ3) is 5.70. The van der Waals surface area contributed by atoms with Crippen LogP contribution in [0.5, 0.6) is 0 Å². The number of benzene rings is 2. The summed E-state index contributed by atoms with van der Waals surface area (Å²) in [5.41, 5.74) is 15.6. The van der Waals surface area contributed by atoms with Crippen molar-refractivity contribution in [1.29, 1.82) is 0 Å². The monoisotopic (exact) mass is 708 g/mol. The van der Waals surface area contributed by atoms with Crippen LogP contribution < -0.4 is 24.8 Å². The van der Waals surface area contributed by atoms with Crippen molar-refractivity contribution in [2.75, 3.05) is 0 Å². The predicted octanol–water partition coefficient (Wildman–Crippen LogP) is 5.55. The molecule has 2 aromatic carbocycles. The first-order valence-corrected chi connectivity index (χ1v) is 20.6. The first kappa shape index (κ1) is 36.1. The van der Waals surface area contributed by atoms with Crippen LogP contribution in [0.2, 0.25) is 0 Å². The third-order valence-electron chi connectivity index (χ3n) is 11.9. The van der Waals surface area contributed by atoms with Crippen molar-refractivity contribution in [3.8, 4) is 11.1 Å². The van der Waals surface area contributed by atoms with Gasteiger partial charge in [-0.3, -0.25) is 0 Å². The first-order valence-electron chi connectivity index (χ1n) is 16.7. The van der Waals surface area contributed by atoms with Gasteiger partial charge in [-0.2, -0.15) is 0 Å². The average Bonchev–Trinajstić information content (AvgIpc) is 3.48. The van der Waals surface area contributed by atoms with Crippen LogP contribution in [-0.2, 0) is 42.9 Å². The summed E-state index contributed by atoms with van der Waals surface area (Å²) < 4.78 is 4.12. The minimum absolute atomic E-state index is 0. The van der Waals surface area contributed by atoms with E-state index in [9.17, 15) is 0 Å². The van der Waals surface area contributed by atoms with E-state index in [-0.39, 0.29) is 51.9 Å². The van der Waals surface area contributed by atoms with Crippen molar-refractivity contribution in [2.45, 2.75) is 147 Å². The van der Waals surface area contributed by atoms with Gasteiger partial charge in [0.1, 0.15) is 0 Å². The Labute approximate surface area is 289 Å². The largest absolute Gasteiger partial charge is 1.00 e. The maximum atomic E-state index is 2.75. The summed E-state index contributed by atoms with van der Waals surface area (Å²) in [6.45, 7) is 32.1. The van der Waals surface area contributed by atoms with E-state index in [1.165, 1.54) is 32.1 Å². The summed E-state index contributed by atoms with van der Waals surface area (Å²) in [6, 6.07) is 10.9. The molecule has 0 nitrogen and oxygen atoms in total.